The van der Waals surface area contributed by atoms with Gasteiger partial charge in [0.25, 0.3) is 5.91 Å². The molecule has 1 aromatic carbocycles. The number of carbonyl (C=O) groups is 1. The fourth-order valence-electron chi connectivity index (χ4n) is 2.43. The fraction of sp³-hybridized carbons (Fsp3) is 0.125. The number of thioether (sulfide) groups is 1. The van der Waals surface area contributed by atoms with E-state index in [1.807, 2.05) is 48.9 Å². The molecule has 0 spiro atoms. The molecule has 1 N–H and O–H groups in total. The predicted octanol–water partition coefficient (Wildman–Crippen LogP) is 4.56. The molecule has 1 saturated heterocycles. The number of phenolic OH excluding ortho intramolecular Hbond substituents is 1. The number of halogens is 2. The molecule has 0 bridgehead atoms. The minimum atomic E-state index is -0.134. The number of phenols is 1. The van der Waals surface area contributed by atoms with Crippen molar-refractivity contribution in [1.29, 1.82) is 0 Å². The summed E-state index contributed by atoms with van der Waals surface area (Å²) >= 11 is 10.9. The second-order valence-corrected chi connectivity index (χ2v) is 9.25. The highest BCUT2D eigenvalue weighted by molar-refractivity contribution is 14.1. The lowest BCUT2D eigenvalue weighted by Crippen LogP contribution is -2.39. The van der Waals surface area contributed by atoms with Gasteiger partial charge in [-0.05, 0) is 107 Å². The van der Waals surface area contributed by atoms with Crippen LogP contribution in [0.15, 0.2) is 29.2 Å². The molecule has 0 unspecified atom stereocenters. The third-order valence-electron chi connectivity index (χ3n) is 3.54. The van der Waals surface area contributed by atoms with Crippen LogP contribution in [0.3, 0.4) is 0 Å². The minimum Gasteiger partial charge on any atom is -0.506 e. The van der Waals surface area contributed by atoms with Gasteiger partial charge in [0.2, 0.25) is 0 Å². The van der Waals surface area contributed by atoms with Crippen molar-refractivity contribution in [3.05, 3.63) is 53.3 Å². The lowest BCUT2D eigenvalue weighted by atomic mass is 10.2. The maximum atomic E-state index is 12.8. The van der Waals surface area contributed by atoms with Crippen molar-refractivity contribution in [3.8, 4) is 5.75 Å². The highest BCUT2D eigenvalue weighted by Gasteiger charge is 2.34. The van der Waals surface area contributed by atoms with Gasteiger partial charge in [0.15, 0.2) is 4.32 Å². The molecule has 0 aliphatic carbocycles. The smallest absolute Gasteiger partial charge is 0.285 e. The number of carbonyl (C=O) groups excluding carboxylic acids is 1. The number of aromatic nitrogens is 1. The van der Waals surface area contributed by atoms with Crippen LogP contribution in [0.5, 0.6) is 5.75 Å². The molecule has 1 aliphatic heterocycles. The topological polar surface area (TPSA) is 45.5 Å². The quantitative estimate of drug-likeness (QED) is 0.321. The van der Waals surface area contributed by atoms with Crippen LogP contribution in [-0.4, -0.2) is 20.0 Å². The van der Waals surface area contributed by atoms with E-state index in [9.17, 15) is 9.90 Å². The van der Waals surface area contributed by atoms with Gasteiger partial charge in [0.05, 0.1) is 12.0 Å². The monoisotopic (exact) mass is 582 g/mol. The molecule has 0 radical (unpaired) electrons. The van der Waals surface area contributed by atoms with Gasteiger partial charge >= 0.3 is 0 Å². The zero-order valence-electron chi connectivity index (χ0n) is 12.7. The summed E-state index contributed by atoms with van der Waals surface area (Å²) < 4.78 is 3.84. The summed E-state index contributed by atoms with van der Waals surface area (Å²) in [5, 5.41) is 11.4. The van der Waals surface area contributed by atoms with Crippen molar-refractivity contribution in [2.75, 3.05) is 5.01 Å². The lowest BCUT2D eigenvalue weighted by Gasteiger charge is -2.20. The maximum absolute atomic E-state index is 12.8. The Morgan fingerprint density at radius 3 is 2.25 bits per heavy atom. The van der Waals surface area contributed by atoms with Gasteiger partial charge in [-0.2, -0.15) is 5.01 Å². The van der Waals surface area contributed by atoms with E-state index in [1.54, 1.807) is 0 Å². The lowest BCUT2D eigenvalue weighted by molar-refractivity contribution is -0.114. The Morgan fingerprint density at radius 2 is 1.71 bits per heavy atom. The number of rotatable bonds is 2. The first-order valence-corrected chi connectivity index (χ1v) is 10.3. The SMILES string of the molecule is Cc1ccc(C)n1N1C(=O)/C(=C\c2cc(I)c(O)c(I)c2)SC1=S. The standard InChI is InChI=1S/C16H12I2N2O2S2/c1-8-3-4-9(2)19(8)20-15(22)13(24-16(20)23)7-10-5-11(17)14(21)12(18)6-10/h3-7,21H,1-2H3/b13-7+. The molecule has 1 aliphatic rings. The third kappa shape index (κ3) is 3.25. The highest BCUT2D eigenvalue weighted by Crippen LogP contribution is 2.34. The number of thiocarbonyl (C=S) groups is 1. The second-order valence-electron chi connectivity index (χ2n) is 5.25. The average Bonchev–Trinajstić information content (AvgIpc) is 2.97. The molecule has 1 aromatic heterocycles. The molecule has 3 rings (SSSR count). The number of benzene rings is 1. The van der Waals surface area contributed by atoms with Crippen LogP contribution in [0.2, 0.25) is 0 Å². The summed E-state index contributed by atoms with van der Waals surface area (Å²) in [6.45, 7) is 3.89. The number of hydrogen-bond acceptors (Lipinski definition) is 4. The first-order valence-electron chi connectivity index (χ1n) is 6.91. The van der Waals surface area contributed by atoms with E-state index in [4.69, 9.17) is 12.2 Å². The van der Waals surface area contributed by atoms with E-state index >= 15 is 0 Å². The molecule has 2 aromatic rings. The number of hydrogen-bond donors (Lipinski definition) is 1. The van der Waals surface area contributed by atoms with Crippen molar-refractivity contribution in [1.82, 2.24) is 4.68 Å². The second kappa shape index (κ2) is 6.96. The van der Waals surface area contributed by atoms with Crippen LogP contribution in [0.25, 0.3) is 6.08 Å². The molecule has 0 saturated carbocycles. The highest BCUT2D eigenvalue weighted by atomic mass is 127. The van der Waals surface area contributed by atoms with E-state index in [1.165, 1.54) is 16.8 Å². The fourth-order valence-corrected chi connectivity index (χ4v) is 5.49. The summed E-state index contributed by atoms with van der Waals surface area (Å²) in [7, 11) is 0. The van der Waals surface area contributed by atoms with Crippen molar-refractivity contribution in [2.45, 2.75) is 13.8 Å². The van der Waals surface area contributed by atoms with Crippen LogP contribution in [0, 0.1) is 21.0 Å². The molecule has 2 heterocycles. The van der Waals surface area contributed by atoms with E-state index in [2.05, 4.69) is 45.2 Å². The van der Waals surface area contributed by atoms with E-state index in [0.717, 1.165) is 24.1 Å². The van der Waals surface area contributed by atoms with Crippen molar-refractivity contribution in [2.24, 2.45) is 0 Å². The molecule has 8 heteroatoms. The van der Waals surface area contributed by atoms with Crippen LogP contribution in [0.4, 0.5) is 0 Å². The van der Waals surface area contributed by atoms with Gasteiger partial charge in [-0.1, -0.05) is 11.8 Å². The number of nitrogens with zero attached hydrogens (tertiary/aromatic N) is 2. The summed E-state index contributed by atoms with van der Waals surface area (Å²) in [5.41, 5.74) is 2.78. The molecule has 24 heavy (non-hydrogen) atoms. The Balaban J connectivity index is 2.00. The third-order valence-corrected chi connectivity index (χ3v) is 6.47. The van der Waals surface area contributed by atoms with E-state index in [0.29, 0.717) is 9.23 Å². The molecule has 124 valence electrons. The van der Waals surface area contributed by atoms with Crippen LogP contribution < -0.4 is 5.01 Å². The van der Waals surface area contributed by atoms with E-state index < -0.39 is 0 Å². The summed E-state index contributed by atoms with van der Waals surface area (Å²) in [5.74, 6) is 0.130. The summed E-state index contributed by atoms with van der Waals surface area (Å²) in [4.78, 5) is 13.4. The Bertz CT molecular complexity index is 863. The van der Waals surface area contributed by atoms with Gasteiger partial charge in [-0.3, -0.25) is 9.47 Å². The molecule has 4 nitrogen and oxygen atoms in total. The largest absolute Gasteiger partial charge is 0.506 e. The van der Waals surface area contributed by atoms with Gasteiger partial charge < -0.3 is 5.11 Å². The van der Waals surface area contributed by atoms with Crippen molar-refractivity contribution < 1.29 is 9.90 Å². The van der Waals surface area contributed by atoms with Crippen LogP contribution in [0.1, 0.15) is 17.0 Å². The Morgan fingerprint density at radius 1 is 1.17 bits per heavy atom. The van der Waals surface area contributed by atoms with Crippen molar-refractivity contribution in [3.63, 3.8) is 0 Å². The maximum Gasteiger partial charge on any atom is 0.285 e. The summed E-state index contributed by atoms with van der Waals surface area (Å²) in [6.07, 6.45) is 1.82. The summed E-state index contributed by atoms with van der Waals surface area (Å²) in [6, 6.07) is 7.61. The molecular formula is C16H12I2N2O2S2. The average molecular weight is 582 g/mol. The zero-order valence-corrected chi connectivity index (χ0v) is 18.7. The van der Waals surface area contributed by atoms with E-state index in [-0.39, 0.29) is 11.7 Å². The number of amides is 1. The molecule has 1 amide bonds. The van der Waals surface area contributed by atoms with Crippen molar-refractivity contribution >= 4 is 85.5 Å². The van der Waals surface area contributed by atoms with Crippen LogP contribution in [-0.2, 0) is 4.79 Å². The van der Waals surface area contributed by atoms with Gasteiger partial charge in [-0.25, -0.2) is 0 Å². The normalized spacial score (nSPS) is 16.5. The number of aryl methyl sites for hydroxylation is 2. The molecular weight excluding hydrogens is 570 g/mol. The predicted molar refractivity (Wildman–Crippen MR) is 119 cm³/mol. The van der Waals surface area contributed by atoms with Gasteiger partial charge in [-0.15, -0.1) is 0 Å². The van der Waals surface area contributed by atoms with Crippen LogP contribution >= 0.6 is 69.2 Å². The first-order chi connectivity index (χ1) is 11.3. The minimum absolute atomic E-state index is 0.134. The van der Waals surface area contributed by atoms with Gasteiger partial charge in [0.1, 0.15) is 5.75 Å². The Hall–Kier alpha value is -0.590. The Kier molecular flexibility index (Phi) is 5.28. The van der Waals surface area contributed by atoms with Gasteiger partial charge in [0, 0.05) is 11.4 Å². The number of aromatic hydroxyl groups is 1. The Labute approximate surface area is 176 Å². The zero-order chi connectivity index (χ0) is 17.6. The molecule has 0 atom stereocenters. The first kappa shape index (κ1) is 18.2. The molecule has 1 fully saturated rings.